The van der Waals surface area contributed by atoms with Crippen LogP contribution in [0.1, 0.15) is 55.5 Å². The van der Waals surface area contributed by atoms with E-state index in [0.29, 0.717) is 33.5 Å². The second kappa shape index (κ2) is 10.2. The Labute approximate surface area is 203 Å². The maximum absolute atomic E-state index is 13.2. The van der Waals surface area contributed by atoms with Crippen LogP contribution < -0.4 is 10.6 Å². The largest absolute Gasteiger partial charge is 0.449 e. The molecule has 34 heavy (non-hydrogen) atoms. The molecule has 1 aliphatic carbocycles. The summed E-state index contributed by atoms with van der Waals surface area (Å²) in [6.45, 7) is 2.37. The van der Waals surface area contributed by atoms with Crippen LogP contribution >= 0.6 is 11.6 Å². The minimum absolute atomic E-state index is 0.0534. The van der Waals surface area contributed by atoms with Gasteiger partial charge in [0.25, 0.3) is 5.91 Å². The number of carbonyl (C=O) groups excluding carboxylic acids is 2. The lowest BCUT2D eigenvalue weighted by atomic mass is 9.84. The Morgan fingerprint density at radius 3 is 2.47 bits per heavy atom. The molecule has 1 aromatic carbocycles. The summed E-state index contributed by atoms with van der Waals surface area (Å²) in [6.07, 6.45) is 9.15. The van der Waals surface area contributed by atoms with Crippen LogP contribution in [0.2, 0.25) is 5.02 Å². The Bertz CT molecular complexity index is 1160. The number of fused-ring (bicyclic) bond motifs is 1. The van der Waals surface area contributed by atoms with Crippen molar-refractivity contribution in [2.75, 3.05) is 23.7 Å². The number of piperidine rings is 1. The first-order valence-corrected chi connectivity index (χ1v) is 12.5. The predicted molar refractivity (Wildman–Crippen MR) is 133 cm³/mol. The Balaban J connectivity index is 1.30. The van der Waals surface area contributed by atoms with Gasteiger partial charge in [0, 0.05) is 23.5 Å². The molecule has 2 amide bonds. The number of hydrogen-bond donors (Lipinski definition) is 2. The Hall–Kier alpha value is -2.90. The monoisotopic (exact) mass is 480 g/mol. The highest BCUT2D eigenvalue weighted by molar-refractivity contribution is 6.30. The summed E-state index contributed by atoms with van der Waals surface area (Å²) in [5, 5.41) is 6.92. The number of halogens is 1. The minimum Gasteiger partial charge on any atom is -0.449 e. The predicted octanol–water partition coefficient (Wildman–Crippen LogP) is 5.72. The second-order valence-electron chi connectivity index (χ2n) is 9.21. The van der Waals surface area contributed by atoms with Crippen LogP contribution in [-0.2, 0) is 4.79 Å². The van der Waals surface area contributed by atoms with E-state index < -0.39 is 5.91 Å². The molecule has 8 heteroatoms. The number of furan rings is 1. The molecule has 3 aromatic rings. The molecule has 0 unspecified atom stereocenters. The van der Waals surface area contributed by atoms with Crippen LogP contribution in [0.4, 0.5) is 11.5 Å². The number of nitrogens with one attached hydrogen (secondary N) is 2. The van der Waals surface area contributed by atoms with E-state index in [9.17, 15) is 9.59 Å². The maximum Gasteiger partial charge on any atom is 0.294 e. The van der Waals surface area contributed by atoms with Crippen LogP contribution in [0, 0.1) is 5.92 Å². The molecule has 0 radical (unpaired) electrons. The van der Waals surface area contributed by atoms with E-state index in [1.165, 1.54) is 38.5 Å². The van der Waals surface area contributed by atoms with Crippen molar-refractivity contribution in [1.82, 2.24) is 9.88 Å². The fourth-order valence-electron chi connectivity index (χ4n) is 5.16. The normalized spacial score (nSPS) is 21.3. The van der Waals surface area contributed by atoms with Crippen molar-refractivity contribution in [3.05, 3.63) is 53.4 Å². The van der Waals surface area contributed by atoms with Crippen molar-refractivity contribution in [1.29, 1.82) is 0 Å². The zero-order valence-electron chi connectivity index (χ0n) is 19.1. The molecule has 178 valence electrons. The molecule has 7 nitrogen and oxygen atoms in total. The third-order valence-electron chi connectivity index (χ3n) is 6.99. The second-order valence-corrected chi connectivity index (χ2v) is 9.65. The van der Waals surface area contributed by atoms with Gasteiger partial charge in [-0.2, -0.15) is 0 Å². The van der Waals surface area contributed by atoms with Crippen LogP contribution in [0.3, 0.4) is 0 Å². The standard InChI is InChI=1S/C26H29ClN4O3/c27-18-10-13-22(28-16-18)29-26(33)24-23(20-6-2-3-7-21(20)34-24)30-25(32)17-8-11-19(12-9-17)31-14-4-1-5-15-31/h2-3,6-7,10,13,16-17,19H,1,4-5,8-9,11-12,14-15H2,(H,30,32)(H,28,29,33)/t17-,19-. The van der Waals surface area contributed by atoms with Gasteiger partial charge < -0.3 is 20.0 Å². The van der Waals surface area contributed by atoms with Gasteiger partial charge in [0.05, 0.1) is 5.02 Å². The van der Waals surface area contributed by atoms with E-state index in [1.807, 2.05) is 18.2 Å². The fraction of sp³-hybridized carbons (Fsp3) is 0.423. The third-order valence-corrected chi connectivity index (χ3v) is 7.22. The van der Waals surface area contributed by atoms with Gasteiger partial charge in [-0.3, -0.25) is 9.59 Å². The average Bonchev–Trinajstić information content (AvgIpc) is 3.24. The number of amides is 2. The van der Waals surface area contributed by atoms with Crippen molar-refractivity contribution in [2.24, 2.45) is 5.92 Å². The van der Waals surface area contributed by atoms with Crippen LogP contribution in [0.5, 0.6) is 0 Å². The Kier molecular flexibility index (Phi) is 6.83. The Morgan fingerprint density at radius 1 is 0.971 bits per heavy atom. The number of nitrogens with zero attached hydrogens (tertiary/aromatic N) is 2. The van der Waals surface area contributed by atoms with E-state index in [2.05, 4.69) is 20.5 Å². The van der Waals surface area contributed by atoms with Gasteiger partial charge in [0.1, 0.15) is 17.1 Å². The van der Waals surface area contributed by atoms with Crippen molar-refractivity contribution in [2.45, 2.75) is 51.0 Å². The van der Waals surface area contributed by atoms with Crippen LogP contribution in [0.15, 0.2) is 47.0 Å². The first-order chi connectivity index (χ1) is 16.6. The molecule has 0 spiro atoms. The van der Waals surface area contributed by atoms with Gasteiger partial charge in [-0.1, -0.05) is 30.2 Å². The third kappa shape index (κ3) is 4.95. The molecule has 2 aromatic heterocycles. The van der Waals surface area contributed by atoms with Crippen molar-refractivity contribution < 1.29 is 14.0 Å². The fourth-order valence-corrected chi connectivity index (χ4v) is 5.28. The van der Waals surface area contributed by atoms with Gasteiger partial charge in [-0.25, -0.2) is 4.98 Å². The highest BCUT2D eigenvalue weighted by Crippen LogP contribution is 2.34. The van der Waals surface area contributed by atoms with E-state index in [4.69, 9.17) is 16.0 Å². The molecule has 1 aliphatic heterocycles. The molecular formula is C26H29ClN4O3. The first kappa shape index (κ1) is 22.9. The summed E-state index contributed by atoms with van der Waals surface area (Å²) in [7, 11) is 0. The summed E-state index contributed by atoms with van der Waals surface area (Å²) in [5.74, 6) is -0.183. The van der Waals surface area contributed by atoms with Gasteiger partial charge in [0.2, 0.25) is 11.7 Å². The topological polar surface area (TPSA) is 87.5 Å². The number of pyridine rings is 1. The molecule has 1 saturated carbocycles. The van der Waals surface area contributed by atoms with E-state index >= 15 is 0 Å². The number of anilines is 2. The van der Waals surface area contributed by atoms with Crippen LogP contribution in [0.25, 0.3) is 11.0 Å². The number of para-hydroxylation sites is 1. The van der Waals surface area contributed by atoms with E-state index in [0.717, 1.165) is 25.7 Å². The molecule has 2 aliphatic rings. The summed E-state index contributed by atoms with van der Waals surface area (Å²) in [6, 6.07) is 11.2. The minimum atomic E-state index is -0.477. The van der Waals surface area contributed by atoms with Gasteiger partial charge >= 0.3 is 0 Å². The van der Waals surface area contributed by atoms with Crippen molar-refractivity contribution >= 4 is 45.9 Å². The molecule has 0 atom stereocenters. The molecule has 0 bridgehead atoms. The van der Waals surface area contributed by atoms with Gasteiger partial charge in [0.15, 0.2) is 0 Å². The number of likely N-dealkylation sites (tertiary alicyclic amines) is 1. The number of hydrogen-bond acceptors (Lipinski definition) is 5. The smallest absolute Gasteiger partial charge is 0.294 e. The van der Waals surface area contributed by atoms with Crippen molar-refractivity contribution in [3.63, 3.8) is 0 Å². The van der Waals surface area contributed by atoms with Crippen LogP contribution in [-0.4, -0.2) is 40.8 Å². The van der Waals surface area contributed by atoms with Crippen molar-refractivity contribution in [3.8, 4) is 0 Å². The highest BCUT2D eigenvalue weighted by atomic mass is 35.5. The number of rotatable bonds is 5. The molecule has 1 saturated heterocycles. The summed E-state index contributed by atoms with van der Waals surface area (Å²) < 4.78 is 5.85. The summed E-state index contributed by atoms with van der Waals surface area (Å²) in [5.41, 5.74) is 0.950. The summed E-state index contributed by atoms with van der Waals surface area (Å²) >= 11 is 5.88. The molecule has 2 fully saturated rings. The number of benzene rings is 1. The molecule has 3 heterocycles. The molecule has 5 rings (SSSR count). The number of carbonyl (C=O) groups is 2. The maximum atomic E-state index is 13.2. The molecular weight excluding hydrogens is 452 g/mol. The average molecular weight is 481 g/mol. The van der Waals surface area contributed by atoms with E-state index in [-0.39, 0.29) is 17.6 Å². The lowest BCUT2D eigenvalue weighted by molar-refractivity contribution is -0.121. The zero-order chi connectivity index (χ0) is 23.5. The Morgan fingerprint density at radius 2 is 1.74 bits per heavy atom. The quantitative estimate of drug-likeness (QED) is 0.488. The zero-order valence-corrected chi connectivity index (χ0v) is 19.8. The highest BCUT2D eigenvalue weighted by Gasteiger charge is 2.31. The molecule has 2 N–H and O–H groups in total. The summed E-state index contributed by atoms with van der Waals surface area (Å²) in [4.78, 5) is 33.0. The first-order valence-electron chi connectivity index (χ1n) is 12.1. The van der Waals surface area contributed by atoms with Gasteiger partial charge in [-0.15, -0.1) is 0 Å². The van der Waals surface area contributed by atoms with E-state index in [1.54, 1.807) is 18.2 Å². The SMILES string of the molecule is O=C(Nc1ccc(Cl)cn1)c1oc2ccccc2c1NC(=O)[C@H]1CC[C@H](N2CCCCC2)CC1. The number of aromatic nitrogens is 1. The lowest BCUT2D eigenvalue weighted by Gasteiger charge is -2.38. The lowest BCUT2D eigenvalue weighted by Crippen LogP contribution is -2.42. The van der Waals surface area contributed by atoms with Gasteiger partial charge in [-0.05, 0) is 75.9 Å².